The van der Waals surface area contributed by atoms with Crippen LogP contribution in [0.5, 0.6) is 0 Å². The summed E-state index contributed by atoms with van der Waals surface area (Å²) in [7, 11) is -4.47. The number of halogens is 2. The van der Waals surface area contributed by atoms with Crippen LogP contribution in [0.25, 0.3) is 0 Å². The molecule has 1 rings (SSSR count). The molecule has 1 aromatic carbocycles. The number of carboxylic acid groups (broad SMARTS) is 2. The van der Waals surface area contributed by atoms with Crippen LogP contribution >= 0.6 is 11.6 Å². The first-order chi connectivity index (χ1) is 9.13. The fourth-order valence-electron chi connectivity index (χ4n) is 1.29. The third-order valence-electron chi connectivity index (χ3n) is 2.16. The Bertz CT molecular complexity index is 647. The van der Waals surface area contributed by atoms with Gasteiger partial charge < -0.3 is 10.2 Å². The normalized spacial score (nSPS) is 12.9. The van der Waals surface area contributed by atoms with Crippen LogP contribution in [0.2, 0.25) is 5.02 Å². The van der Waals surface area contributed by atoms with Crippen LogP contribution in [0.1, 0.15) is 6.42 Å². The molecule has 110 valence electrons. The van der Waals surface area contributed by atoms with E-state index in [9.17, 15) is 22.4 Å². The van der Waals surface area contributed by atoms with E-state index in [1.807, 2.05) is 0 Å². The maximum Gasteiger partial charge on any atom is 0.322 e. The number of hydrogen-bond donors (Lipinski definition) is 3. The van der Waals surface area contributed by atoms with Crippen LogP contribution in [0, 0.1) is 5.82 Å². The molecule has 7 nitrogen and oxygen atoms in total. The van der Waals surface area contributed by atoms with Gasteiger partial charge in [-0.1, -0.05) is 11.6 Å². The van der Waals surface area contributed by atoms with Gasteiger partial charge in [-0.15, -0.1) is 0 Å². The predicted octanol–water partition coefficient (Wildman–Crippen LogP) is 0.685. The summed E-state index contributed by atoms with van der Waals surface area (Å²) in [6, 6.07) is 0.618. The number of benzene rings is 1. The molecule has 1 aromatic rings. The molecule has 20 heavy (non-hydrogen) atoms. The van der Waals surface area contributed by atoms with Crippen molar-refractivity contribution in [2.24, 2.45) is 0 Å². The number of carbonyl (C=O) groups is 2. The Hall–Kier alpha value is -1.71. The van der Waals surface area contributed by atoms with Gasteiger partial charge in [0, 0.05) is 0 Å². The first kappa shape index (κ1) is 16.3. The number of sulfonamides is 1. The highest BCUT2D eigenvalue weighted by Crippen LogP contribution is 2.22. The molecular formula is C10H9ClFNO6S. The third kappa shape index (κ3) is 4.15. The largest absolute Gasteiger partial charge is 0.481 e. The van der Waals surface area contributed by atoms with Gasteiger partial charge in [0.2, 0.25) is 10.0 Å². The molecule has 0 aliphatic carbocycles. The minimum atomic E-state index is -4.47. The first-order valence-corrected chi connectivity index (χ1v) is 6.91. The van der Waals surface area contributed by atoms with E-state index < -0.39 is 45.1 Å². The number of aliphatic carboxylic acids is 2. The molecule has 0 aliphatic heterocycles. The second-order valence-corrected chi connectivity index (χ2v) is 5.77. The van der Waals surface area contributed by atoms with Crippen LogP contribution < -0.4 is 4.72 Å². The highest BCUT2D eigenvalue weighted by Gasteiger charge is 2.29. The van der Waals surface area contributed by atoms with E-state index in [4.69, 9.17) is 21.8 Å². The van der Waals surface area contributed by atoms with E-state index in [2.05, 4.69) is 0 Å². The lowest BCUT2D eigenvalue weighted by molar-refractivity contribution is -0.145. The first-order valence-electron chi connectivity index (χ1n) is 5.05. The van der Waals surface area contributed by atoms with Crippen molar-refractivity contribution in [3.63, 3.8) is 0 Å². The Morgan fingerprint density at radius 2 is 1.95 bits per heavy atom. The number of carboxylic acids is 2. The van der Waals surface area contributed by atoms with Gasteiger partial charge in [0.15, 0.2) is 0 Å². The zero-order valence-corrected chi connectivity index (χ0v) is 11.3. The van der Waals surface area contributed by atoms with Crippen LogP contribution in [0.4, 0.5) is 4.39 Å². The molecule has 0 aromatic heterocycles. The van der Waals surface area contributed by atoms with Gasteiger partial charge in [-0.05, 0) is 18.2 Å². The lowest BCUT2D eigenvalue weighted by Gasteiger charge is -2.13. The second kappa shape index (κ2) is 6.16. The molecule has 0 spiro atoms. The van der Waals surface area contributed by atoms with Gasteiger partial charge in [0.25, 0.3) is 0 Å². The SMILES string of the molecule is O=C(O)C[C@H](NS(=O)(=O)c1cc(F)ccc1Cl)C(=O)O. The molecule has 0 saturated carbocycles. The summed E-state index contributed by atoms with van der Waals surface area (Å²) in [5, 5.41) is 17.0. The maximum atomic E-state index is 13.0. The zero-order chi connectivity index (χ0) is 15.5. The lowest BCUT2D eigenvalue weighted by Crippen LogP contribution is -2.42. The second-order valence-electron chi connectivity index (χ2n) is 3.68. The van der Waals surface area contributed by atoms with Crippen molar-refractivity contribution in [1.82, 2.24) is 4.72 Å². The summed E-state index contributed by atoms with van der Waals surface area (Å²) < 4.78 is 38.4. The van der Waals surface area contributed by atoms with Crippen molar-refractivity contribution >= 4 is 33.6 Å². The van der Waals surface area contributed by atoms with Crippen LogP contribution in [-0.2, 0) is 19.6 Å². The Morgan fingerprint density at radius 1 is 1.35 bits per heavy atom. The molecule has 10 heteroatoms. The maximum absolute atomic E-state index is 13.0. The van der Waals surface area contributed by atoms with Crippen molar-refractivity contribution < 1.29 is 32.6 Å². The van der Waals surface area contributed by atoms with Gasteiger partial charge in [-0.25, -0.2) is 12.8 Å². The van der Waals surface area contributed by atoms with E-state index >= 15 is 0 Å². The summed E-state index contributed by atoms with van der Waals surface area (Å²) in [5.74, 6) is -4.08. The van der Waals surface area contributed by atoms with Crippen molar-refractivity contribution in [2.75, 3.05) is 0 Å². The van der Waals surface area contributed by atoms with Crippen molar-refractivity contribution in [2.45, 2.75) is 17.4 Å². The fraction of sp³-hybridized carbons (Fsp3) is 0.200. The Kier molecular flexibility index (Phi) is 5.03. The van der Waals surface area contributed by atoms with Crippen molar-refractivity contribution in [3.05, 3.63) is 29.0 Å². The highest BCUT2D eigenvalue weighted by atomic mass is 35.5. The number of nitrogens with one attached hydrogen (secondary N) is 1. The molecule has 3 N–H and O–H groups in total. The lowest BCUT2D eigenvalue weighted by atomic mass is 10.2. The quantitative estimate of drug-likeness (QED) is 0.707. The number of hydrogen-bond acceptors (Lipinski definition) is 4. The molecule has 0 bridgehead atoms. The summed E-state index contributed by atoms with van der Waals surface area (Å²) in [4.78, 5) is 20.6. The molecule has 1 atom stereocenters. The van der Waals surface area contributed by atoms with Crippen molar-refractivity contribution in [3.8, 4) is 0 Å². The Balaban J connectivity index is 3.12. The topological polar surface area (TPSA) is 121 Å². The van der Waals surface area contributed by atoms with Gasteiger partial charge in [0.1, 0.15) is 16.8 Å². The monoisotopic (exact) mass is 325 g/mol. The molecule has 0 radical (unpaired) electrons. The minimum Gasteiger partial charge on any atom is -0.481 e. The van der Waals surface area contributed by atoms with Gasteiger partial charge in [-0.3, -0.25) is 9.59 Å². The zero-order valence-electron chi connectivity index (χ0n) is 9.71. The smallest absolute Gasteiger partial charge is 0.322 e. The van der Waals surface area contributed by atoms with E-state index in [1.165, 1.54) is 0 Å². The molecule has 0 heterocycles. The molecule has 0 saturated heterocycles. The average molecular weight is 326 g/mol. The standard InChI is InChI=1S/C10H9ClFNO6S/c11-6-2-1-5(12)3-8(6)20(18,19)13-7(10(16)17)4-9(14)15/h1-3,7,13H,4H2,(H,14,15)(H,16,17)/t7-/m0/s1. The van der Waals surface area contributed by atoms with Crippen LogP contribution in [-0.4, -0.2) is 36.6 Å². The summed E-state index contributed by atoms with van der Waals surface area (Å²) in [6.45, 7) is 0. The van der Waals surface area contributed by atoms with Gasteiger partial charge in [0.05, 0.1) is 11.4 Å². The summed E-state index contributed by atoms with van der Waals surface area (Å²) >= 11 is 5.60. The number of rotatable bonds is 6. The third-order valence-corrected chi connectivity index (χ3v) is 4.11. The van der Waals surface area contributed by atoms with E-state index in [-0.39, 0.29) is 5.02 Å². The average Bonchev–Trinajstić information content (AvgIpc) is 2.30. The fourth-order valence-corrected chi connectivity index (χ4v) is 2.99. The minimum absolute atomic E-state index is 0.321. The predicted molar refractivity (Wildman–Crippen MR) is 65.4 cm³/mol. The van der Waals surface area contributed by atoms with Crippen molar-refractivity contribution in [1.29, 1.82) is 0 Å². The van der Waals surface area contributed by atoms with E-state index in [1.54, 1.807) is 4.72 Å². The summed E-state index contributed by atoms with van der Waals surface area (Å²) in [6.07, 6.45) is -0.971. The van der Waals surface area contributed by atoms with Crippen LogP contribution in [0.3, 0.4) is 0 Å². The van der Waals surface area contributed by atoms with Gasteiger partial charge >= 0.3 is 11.9 Å². The van der Waals surface area contributed by atoms with Gasteiger partial charge in [-0.2, -0.15) is 4.72 Å². The summed E-state index contributed by atoms with van der Waals surface area (Å²) in [5.41, 5.74) is 0. The molecule has 0 fully saturated rings. The molecule has 0 unspecified atom stereocenters. The van der Waals surface area contributed by atoms with E-state index in [0.29, 0.717) is 6.07 Å². The molecule has 0 amide bonds. The molecule has 0 aliphatic rings. The highest BCUT2D eigenvalue weighted by molar-refractivity contribution is 7.89. The Morgan fingerprint density at radius 3 is 2.45 bits per heavy atom. The molecular weight excluding hydrogens is 317 g/mol. The Labute approximate surface area is 118 Å². The van der Waals surface area contributed by atoms with Crippen LogP contribution in [0.15, 0.2) is 23.1 Å². The van der Waals surface area contributed by atoms with E-state index in [0.717, 1.165) is 12.1 Å².